The van der Waals surface area contributed by atoms with Gasteiger partial charge in [0.05, 0.1) is 7.11 Å². The molecule has 0 radical (unpaired) electrons. The molecule has 0 aliphatic rings. The molecule has 0 heterocycles. The Labute approximate surface area is 126 Å². The zero-order valence-corrected chi connectivity index (χ0v) is 12.9. The molecule has 2 aromatic rings. The summed E-state index contributed by atoms with van der Waals surface area (Å²) in [5.74, 6) is 2.53. The highest BCUT2D eigenvalue weighted by atomic mass is 16.5. The SMILES string of the molecule is CCCNC(C)c1ccccc1Oc1ccc(OC)cc1. The van der Waals surface area contributed by atoms with Crippen molar-refractivity contribution < 1.29 is 9.47 Å². The number of hydrogen-bond acceptors (Lipinski definition) is 3. The van der Waals surface area contributed by atoms with Crippen molar-refractivity contribution in [3.05, 3.63) is 54.1 Å². The first-order valence-electron chi connectivity index (χ1n) is 7.38. The molecule has 0 bridgehead atoms. The quantitative estimate of drug-likeness (QED) is 0.809. The fourth-order valence-corrected chi connectivity index (χ4v) is 2.17. The van der Waals surface area contributed by atoms with Crippen LogP contribution in [0.25, 0.3) is 0 Å². The standard InChI is InChI=1S/C18H23NO2/c1-4-13-19-14(2)17-7-5-6-8-18(17)21-16-11-9-15(20-3)10-12-16/h5-12,14,19H,4,13H2,1-3H3. The van der Waals surface area contributed by atoms with Crippen molar-refractivity contribution in [1.82, 2.24) is 5.32 Å². The van der Waals surface area contributed by atoms with E-state index >= 15 is 0 Å². The van der Waals surface area contributed by atoms with Gasteiger partial charge in [-0.25, -0.2) is 0 Å². The Hall–Kier alpha value is -2.00. The van der Waals surface area contributed by atoms with Crippen LogP contribution in [-0.2, 0) is 0 Å². The second kappa shape index (κ2) is 7.70. The van der Waals surface area contributed by atoms with E-state index in [0.717, 1.165) is 30.2 Å². The summed E-state index contributed by atoms with van der Waals surface area (Å²) in [7, 11) is 1.66. The van der Waals surface area contributed by atoms with Crippen LogP contribution in [0.2, 0.25) is 0 Å². The molecule has 1 unspecified atom stereocenters. The lowest BCUT2D eigenvalue weighted by molar-refractivity contribution is 0.412. The Bertz CT molecular complexity index is 551. The van der Waals surface area contributed by atoms with Crippen LogP contribution in [0.1, 0.15) is 31.9 Å². The topological polar surface area (TPSA) is 30.5 Å². The van der Waals surface area contributed by atoms with Crippen molar-refractivity contribution in [1.29, 1.82) is 0 Å². The number of nitrogens with one attached hydrogen (secondary N) is 1. The average Bonchev–Trinajstić information content (AvgIpc) is 2.54. The fraction of sp³-hybridized carbons (Fsp3) is 0.333. The monoisotopic (exact) mass is 285 g/mol. The molecule has 0 spiro atoms. The third kappa shape index (κ3) is 4.23. The van der Waals surface area contributed by atoms with E-state index in [4.69, 9.17) is 9.47 Å². The van der Waals surface area contributed by atoms with E-state index in [1.807, 2.05) is 42.5 Å². The molecule has 0 saturated heterocycles. The molecule has 0 saturated carbocycles. The maximum atomic E-state index is 6.01. The van der Waals surface area contributed by atoms with Crippen LogP contribution in [-0.4, -0.2) is 13.7 Å². The third-order valence-electron chi connectivity index (χ3n) is 3.37. The number of ether oxygens (including phenoxy) is 2. The van der Waals surface area contributed by atoms with Gasteiger partial charge in [-0.3, -0.25) is 0 Å². The molecule has 1 atom stereocenters. The largest absolute Gasteiger partial charge is 0.497 e. The Morgan fingerprint density at radius 3 is 2.33 bits per heavy atom. The van der Waals surface area contributed by atoms with Crippen molar-refractivity contribution in [3.8, 4) is 17.2 Å². The fourth-order valence-electron chi connectivity index (χ4n) is 2.17. The van der Waals surface area contributed by atoms with Gasteiger partial charge in [-0.1, -0.05) is 25.1 Å². The summed E-state index contributed by atoms with van der Waals surface area (Å²) in [5.41, 5.74) is 1.17. The molecule has 1 N–H and O–H groups in total. The van der Waals surface area contributed by atoms with Crippen LogP contribution < -0.4 is 14.8 Å². The summed E-state index contributed by atoms with van der Waals surface area (Å²) < 4.78 is 11.2. The molecule has 112 valence electrons. The summed E-state index contributed by atoms with van der Waals surface area (Å²) in [6.07, 6.45) is 1.12. The first-order chi connectivity index (χ1) is 10.2. The van der Waals surface area contributed by atoms with Gasteiger partial charge < -0.3 is 14.8 Å². The van der Waals surface area contributed by atoms with Gasteiger partial charge in [0.2, 0.25) is 0 Å². The molecule has 0 fully saturated rings. The maximum Gasteiger partial charge on any atom is 0.132 e. The molecule has 2 rings (SSSR count). The van der Waals surface area contributed by atoms with Gasteiger partial charge in [0, 0.05) is 11.6 Å². The summed E-state index contributed by atoms with van der Waals surface area (Å²) in [6, 6.07) is 16.0. The summed E-state index contributed by atoms with van der Waals surface area (Å²) in [5, 5.41) is 3.49. The van der Waals surface area contributed by atoms with E-state index in [9.17, 15) is 0 Å². The summed E-state index contributed by atoms with van der Waals surface area (Å²) in [6.45, 7) is 5.32. The van der Waals surface area contributed by atoms with Crippen molar-refractivity contribution in [2.24, 2.45) is 0 Å². The third-order valence-corrected chi connectivity index (χ3v) is 3.37. The van der Waals surface area contributed by atoms with Crippen molar-refractivity contribution in [2.75, 3.05) is 13.7 Å². The number of hydrogen-bond donors (Lipinski definition) is 1. The molecule has 21 heavy (non-hydrogen) atoms. The normalized spacial score (nSPS) is 12.0. The molecule has 2 aromatic carbocycles. The lowest BCUT2D eigenvalue weighted by Gasteiger charge is -2.18. The summed E-state index contributed by atoms with van der Waals surface area (Å²) >= 11 is 0. The lowest BCUT2D eigenvalue weighted by atomic mass is 10.1. The van der Waals surface area contributed by atoms with Crippen LogP contribution in [0.5, 0.6) is 17.2 Å². The Morgan fingerprint density at radius 1 is 1.00 bits per heavy atom. The minimum absolute atomic E-state index is 0.263. The summed E-state index contributed by atoms with van der Waals surface area (Å²) in [4.78, 5) is 0. The predicted octanol–water partition coefficient (Wildman–Crippen LogP) is 4.55. The Morgan fingerprint density at radius 2 is 1.67 bits per heavy atom. The minimum Gasteiger partial charge on any atom is -0.497 e. The molecule has 3 heteroatoms. The molecular formula is C18H23NO2. The zero-order chi connectivity index (χ0) is 15.1. The van der Waals surface area contributed by atoms with Gasteiger partial charge in [-0.05, 0) is 50.2 Å². The van der Waals surface area contributed by atoms with Gasteiger partial charge in [0.25, 0.3) is 0 Å². The molecule has 0 aliphatic heterocycles. The average molecular weight is 285 g/mol. The van der Waals surface area contributed by atoms with Crippen molar-refractivity contribution >= 4 is 0 Å². The molecule has 0 aliphatic carbocycles. The Balaban J connectivity index is 2.15. The van der Waals surface area contributed by atoms with Gasteiger partial charge in [0.15, 0.2) is 0 Å². The number of para-hydroxylation sites is 1. The van der Waals surface area contributed by atoms with Gasteiger partial charge in [-0.15, -0.1) is 0 Å². The highest BCUT2D eigenvalue weighted by Crippen LogP contribution is 2.30. The molecular weight excluding hydrogens is 262 g/mol. The van der Waals surface area contributed by atoms with E-state index in [1.54, 1.807) is 7.11 Å². The Kier molecular flexibility index (Phi) is 5.64. The number of benzene rings is 2. The second-order valence-electron chi connectivity index (χ2n) is 4.99. The highest BCUT2D eigenvalue weighted by molar-refractivity contribution is 5.40. The van der Waals surface area contributed by atoms with Gasteiger partial charge >= 0.3 is 0 Å². The molecule has 0 amide bonds. The molecule has 3 nitrogen and oxygen atoms in total. The first-order valence-corrected chi connectivity index (χ1v) is 7.38. The van der Waals surface area contributed by atoms with E-state index < -0.39 is 0 Å². The van der Waals surface area contributed by atoms with E-state index in [1.165, 1.54) is 5.56 Å². The maximum absolute atomic E-state index is 6.01. The number of methoxy groups -OCH3 is 1. The lowest BCUT2D eigenvalue weighted by Crippen LogP contribution is -2.19. The smallest absolute Gasteiger partial charge is 0.132 e. The second-order valence-corrected chi connectivity index (χ2v) is 4.99. The highest BCUT2D eigenvalue weighted by Gasteiger charge is 2.11. The zero-order valence-electron chi connectivity index (χ0n) is 12.9. The number of rotatable bonds is 7. The van der Waals surface area contributed by atoms with Gasteiger partial charge in [0.1, 0.15) is 17.2 Å². The first kappa shape index (κ1) is 15.4. The van der Waals surface area contributed by atoms with Crippen LogP contribution >= 0.6 is 0 Å². The van der Waals surface area contributed by atoms with Gasteiger partial charge in [-0.2, -0.15) is 0 Å². The minimum atomic E-state index is 0.263. The van der Waals surface area contributed by atoms with Crippen molar-refractivity contribution in [3.63, 3.8) is 0 Å². The van der Waals surface area contributed by atoms with Crippen molar-refractivity contribution in [2.45, 2.75) is 26.3 Å². The predicted molar refractivity (Wildman–Crippen MR) is 86.2 cm³/mol. The van der Waals surface area contributed by atoms with E-state index in [2.05, 4.69) is 25.2 Å². The van der Waals surface area contributed by atoms with Crippen LogP contribution in [0.15, 0.2) is 48.5 Å². The van der Waals surface area contributed by atoms with Crippen LogP contribution in [0.4, 0.5) is 0 Å². The van der Waals surface area contributed by atoms with E-state index in [0.29, 0.717) is 0 Å². The molecule has 0 aromatic heterocycles. The van der Waals surface area contributed by atoms with Crippen LogP contribution in [0, 0.1) is 0 Å². The van der Waals surface area contributed by atoms with E-state index in [-0.39, 0.29) is 6.04 Å². The van der Waals surface area contributed by atoms with Crippen LogP contribution in [0.3, 0.4) is 0 Å².